The highest BCUT2D eigenvalue weighted by Crippen LogP contribution is 2.45. The van der Waals surface area contributed by atoms with Crippen LogP contribution >= 0.6 is 0 Å². The lowest BCUT2D eigenvalue weighted by molar-refractivity contribution is -0.0299. The van der Waals surface area contributed by atoms with E-state index in [1.165, 1.54) is 24.5 Å². The van der Waals surface area contributed by atoms with Crippen LogP contribution in [0, 0.1) is 11.2 Å². The molecule has 14 heteroatoms. The number of likely N-dealkylation sites (tertiary alicyclic amines) is 1. The zero-order valence-electron chi connectivity index (χ0n) is 28.4. The normalized spacial score (nSPS) is 24.6. The Hall–Kier alpha value is -2.91. The van der Waals surface area contributed by atoms with Crippen molar-refractivity contribution < 1.29 is 31.8 Å². The van der Waals surface area contributed by atoms with Gasteiger partial charge in [0.2, 0.25) is 10.0 Å². The Morgan fingerprint density at radius 3 is 2.54 bits per heavy atom. The number of aromatic nitrogens is 2. The molecule has 6 rings (SSSR count). The summed E-state index contributed by atoms with van der Waals surface area (Å²) in [4.78, 5) is 29.0. The minimum absolute atomic E-state index is 0.0755. The molecule has 4 aliphatic rings. The largest absolute Gasteiger partial charge is 0.451 e. The first kappa shape index (κ1) is 34.9. The predicted octanol–water partition coefficient (Wildman–Crippen LogP) is 3.83. The number of rotatable bonds is 11. The molecule has 4 saturated heterocycles. The molecular formula is C34H49FN6O6S. The van der Waals surface area contributed by atoms with Crippen molar-refractivity contribution in [3.8, 4) is 11.5 Å². The van der Waals surface area contributed by atoms with Gasteiger partial charge in [-0.05, 0) is 91.1 Å². The van der Waals surface area contributed by atoms with E-state index in [1.807, 2.05) is 13.8 Å². The minimum Gasteiger partial charge on any atom is -0.451 e. The molecule has 1 aromatic carbocycles. The van der Waals surface area contributed by atoms with E-state index >= 15 is 0 Å². The number of hydrogen-bond acceptors (Lipinski definition) is 10. The lowest BCUT2D eigenvalue weighted by atomic mass is 9.72. The van der Waals surface area contributed by atoms with Gasteiger partial charge in [0.1, 0.15) is 17.9 Å². The number of ether oxygens (including phenoxy) is 3. The highest BCUT2D eigenvalue weighted by molar-refractivity contribution is 7.90. The van der Waals surface area contributed by atoms with Gasteiger partial charge >= 0.3 is 0 Å². The van der Waals surface area contributed by atoms with Crippen LogP contribution in [-0.4, -0.2) is 116 Å². The van der Waals surface area contributed by atoms with E-state index in [0.29, 0.717) is 31.4 Å². The number of sulfonamides is 1. The summed E-state index contributed by atoms with van der Waals surface area (Å²) in [5.74, 6) is 0.542. The molecule has 1 spiro atoms. The molecule has 1 aromatic heterocycles. The maximum absolute atomic E-state index is 14.5. The van der Waals surface area contributed by atoms with Crippen LogP contribution in [0.3, 0.4) is 0 Å². The average Bonchev–Trinajstić information content (AvgIpc) is 3.56. The summed E-state index contributed by atoms with van der Waals surface area (Å²) >= 11 is 0. The van der Waals surface area contributed by atoms with Gasteiger partial charge in [-0.2, -0.15) is 0 Å². The topological polar surface area (TPSA) is 126 Å². The van der Waals surface area contributed by atoms with Crippen molar-refractivity contribution in [3.63, 3.8) is 0 Å². The van der Waals surface area contributed by atoms with Crippen molar-refractivity contribution in [2.45, 2.75) is 89.3 Å². The first-order valence-electron chi connectivity index (χ1n) is 17.2. The van der Waals surface area contributed by atoms with Gasteiger partial charge in [0.25, 0.3) is 5.91 Å². The SMILES string of the molecule is CC(C)N(C(=O)c1cc(F)ccc1Oc1cncnc1N1CC2(CCN(C[C@@H]3CC[C@@H](NS(=O)(=O)C(C)C)CO3)CC2)C1)[C@H]1CCOC1. The number of carbonyl (C=O) groups is 1. The molecular weight excluding hydrogens is 639 g/mol. The molecule has 264 valence electrons. The zero-order valence-corrected chi connectivity index (χ0v) is 29.3. The van der Waals surface area contributed by atoms with Crippen LogP contribution in [0.4, 0.5) is 10.2 Å². The standard InChI is InChI=1S/C34H49FN6O6S/c1-23(2)41(27-9-14-45-19-27)33(42)29-15-25(35)5-8-30(29)47-31-16-36-22-37-32(31)40-20-34(21-40)10-12-39(13-11-34)17-28-7-6-26(18-46-28)38-48(43,44)24(3)4/h5,8,15-16,22-24,26-28,38H,6-7,9-14,17-21H2,1-4H3/t26-,27+,28+/m1/s1. The molecule has 0 saturated carbocycles. The summed E-state index contributed by atoms with van der Waals surface area (Å²) in [7, 11) is -3.30. The Morgan fingerprint density at radius 2 is 1.90 bits per heavy atom. The summed E-state index contributed by atoms with van der Waals surface area (Å²) in [6.45, 7) is 13.2. The molecule has 2 aromatic rings. The number of halogens is 1. The third-order valence-corrected chi connectivity index (χ3v) is 12.1. The molecule has 0 radical (unpaired) electrons. The highest BCUT2D eigenvalue weighted by atomic mass is 32.2. The molecule has 12 nitrogen and oxygen atoms in total. The van der Waals surface area contributed by atoms with E-state index in [2.05, 4.69) is 24.5 Å². The molecule has 0 unspecified atom stereocenters. The smallest absolute Gasteiger partial charge is 0.258 e. The summed E-state index contributed by atoms with van der Waals surface area (Å²) < 4.78 is 59.7. The summed E-state index contributed by atoms with van der Waals surface area (Å²) in [6, 6.07) is 3.70. The first-order valence-corrected chi connectivity index (χ1v) is 18.8. The second kappa shape index (κ2) is 14.5. The van der Waals surface area contributed by atoms with Gasteiger partial charge in [-0.1, -0.05) is 0 Å². The van der Waals surface area contributed by atoms with Crippen LogP contribution in [0.5, 0.6) is 11.5 Å². The third-order valence-electron chi connectivity index (χ3n) is 10.2. The van der Waals surface area contributed by atoms with Gasteiger partial charge in [0, 0.05) is 43.7 Å². The maximum Gasteiger partial charge on any atom is 0.258 e. The molecule has 4 fully saturated rings. The maximum atomic E-state index is 14.5. The summed E-state index contributed by atoms with van der Waals surface area (Å²) in [6.07, 6.45) is 7.67. The number of benzene rings is 1. The lowest BCUT2D eigenvalue weighted by Gasteiger charge is -2.54. The Bertz CT molecular complexity index is 1530. The van der Waals surface area contributed by atoms with Crippen LogP contribution < -0.4 is 14.4 Å². The first-order chi connectivity index (χ1) is 22.9. The second-order valence-electron chi connectivity index (χ2n) is 14.4. The zero-order chi connectivity index (χ0) is 34.1. The Labute approximate surface area is 283 Å². The highest BCUT2D eigenvalue weighted by Gasteiger charge is 2.46. The quantitative estimate of drug-likeness (QED) is 0.373. The molecule has 3 atom stereocenters. The Morgan fingerprint density at radius 1 is 1.12 bits per heavy atom. The van der Waals surface area contributed by atoms with E-state index in [4.69, 9.17) is 14.2 Å². The number of hydrogen-bond donors (Lipinski definition) is 1. The molecule has 1 N–H and O–H groups in total. The van der Waals surface area contributed by atoms with Crippen molar-refractivity contribution in [1.29, 1.82) is 0 Å². The van der Waals surface area contributed by atoms with Crippen LogP contribution in [0.25, 0.3) is 0 Å². The van der Waals surface area contributed by atoms with Gasteiger partial charge in [-0.3, -0.25) is 4.79 Å². The van der Waals surface area contributed by atoms with E-state index in [0.717, 1.165) is 64.8 Å². The lowest BCUT2D eigenvalue weighted by Crippen LogP contribution is -2.61. The number of carbonyl (C=O) groups excluding carboxylic acids is 1. The van der Waals surface area contributed by atoms with Gasteiger partial charge in [-0.25, -0.2) is 27.5 Å². The van der Waals surface area contributed by atoms with Crippen molar-refractivity contribution in [1.82, 2.24) is 24.5 Å². The van der Waals surface area contributed by atoms with Crippen LogP contribution in [-0.2, 0) is 19.5 Å². The monoisotopic (exact) mass is 688 g/mol. The number of nitrogens with one attached hydrogen (secondary N) is 1. The van der Waals surface area contributed by atoms with Gasteiger partial charge < -0.3 is 28.9 Å². The average molecular weight is 689 g/mol. The van der Waals surface area contributed by atoms with E-state index in [9.17, 15) is 17.6 Å². The minimum atomic E-state index is -3.30. The van der Waals surface area contributed by atoms with E-state index in [-0.39, 0.29) is 46.9 Å². The van der Waals surface area contributed by atoms with Crippen molar-refractivity contribution >= 4 is 21.7 Å². The molecule has 0 bridgehead atoms. The fourth-order valence-electron chi connectivity index (χ4n) is 7.34. The van der Waals surface area contributed by atoms with Crippen LogP contribution in [0.2, 0.25) is 0 Å². The number of amides is 1. The van der Waals surface area contributed by atoms with Gasteiger partial charge in [-0.15, -0.1) is 0 Å². The number of anilines is 1. The Balaban J connectivity index is 1.04. The number of nitrogens with zero attached hydrogens (tertiary/aromatic N) is 5. The Kier molecular flexibility index (Phi) is 10.6. The van der Waals surface area contributed by atoms with Crippen molar-refractivity contribution in [3.05, 3.63) is 42.1 Å². The second-order valence-corrected chi connectivity index (χ2v) is 16.6. The predicted molar refractivity (Wildman–Crippen MR) is 179 cm³/mol. The van der Waals surface area contributed by atoms with Gasteiger partial charge in [0.15, 0.2) is 11.6 Å². The summed E-state index contributed by atoms with van der Waals surface area (Å²) in [5, 5.41) is -0.455. The van der Waals surface area contributed by atoms with Crippen molar-refractivity contribution in [2.24, 2.45) is 5.41 Å². The molecule has 5 heterocycles. The van der Waals surface area contributed by atoms with E-state index < -0.39 is 21.1 Å². The molecule has 48 heavy (non-hydrogen) atoms. The van der Waals surface area contributed by atoms with Crippen LogP contribution in [0.1, 0.15) is 70.2 Å². The molecule has 0 aliphatic carbocycles. The third kappa shape index (κ3) is 7.77. The van der Waals surface area contributed by atoms with E-state index in [1.54, 1.807) is 24.9 Å². The fraction of sp³-hybridized carbons (Fsp3) is 0.676. The fourth-order valence-corrected chi connectivity index (χ4v) is 8.26. The molecule has 4 aliphatic heterocycles. The summed E-state index contributed by atoms with van der Waals surface area (Å²) in [5.41, 5.74) is 0.344. The van der Waals surface area contributed by atoms with Crippen molar-refractivity contribution in [2.75, 3.05) is 57.4 Å². The van der Waals surface area contributed by atoms with Crippen LogP contribution in [0.15, 0.2) is 30.7 Å². The molecule has 1 amide bonds. The van der Waals surface area contributed by atoms with Gasteiger partial charge in [0.05, 0.1) is 42.4 Å². The number of piperidine rings is 1.